The molecule has 0 saturated heterocycles. The molecule has 2 atom stereocenters. The van der Waals surface area contributed by atoms with Crippen molar-refractivity contribution in [1.82, 2.24) is 10.2 Å². The Hall–Kier alpha value is -2.27. The lowest BCUT2D eigenvalue weighted by molar-refractivity contribution is 0.109. The molecular formula is C16H15FN2O2. The fourth-order valence-electron chi connectivity index (χ4n) is 3.23. The molecule has 2 aliphatic heterocycles. The van der Waals surface area contributed by atoms with Gasteiger partial charge in [0.15, 0.2) is 0 Å². The van der Waals surface area contributed by atoms with E-state index in [1.807, 2.05) is 12.3 Å². The maximum atomic E-state index is 14.3. The second-order valence-corrected chi connectivity index (χ2v) is 5.35. The zero-order valence-corrected chi connectivity index (χ0v) is 11.3. The smallest absolute Gasteiger partial charge is 0.132 e. The molecule has 0 spiro atoms. The predicted molar refractivity (Wildman–Crippen MR) is 75.2 cm³/mol. The van der Waals surface area contributed by atoms with Crippen molar-refractivity contribution in [3.8, 4) is 0 Å². The predicted octanol–water partition coefficient (Wildman–Crippen LogP) is 2.76. The molecule has 4 rings (SSSR count). The topological polar surface area (TPSA) is 48.6 Å². The van der Waals surface area contributed by atoms with Crippen LogP contribution in [0.4, 0.5) is 4.39 Å². The van der Waals surface area contributed by atoms with Gasteiger partial charge in [0, 0.05) is 23.7 Å². The summed E-state index contributed by atoms with van der Waals surface area (Å²) in [7, 11) is 0. The number of nitrogens with zero attached hydrogens (tertiary/aromatic N) is 1. The average Bonchev–Trinajstić information content (AvgIpc) is 3.18. The van der Waals surface area contributed by atoms with Gasteiger partial charge in [-0.15, -0.1) is 0 Å². The highest BCUT2D eigenvalue weighted by Crippen LogP contribution is 2.47. The molecule has 0 saturated carbocycles. The Balaban J connectivity index is 1.71. The van der Waals surface area contributed by atoms with Gasteiger partial charge in [-0.1, -0.05) is 12.1 Å². The van der Waals surface area contributed by atoms with E-state index in [-0.39, 0.29) is 11.9 Å². The number of aliphatic hydroxyl groups is 1. The Morgan fingerprint density at radius 1 is 1.38 bits per heavy atom. The Labute approximate surface area is 121 Å². The summed E-state index contributed by atoms with van der Waals surface area (Å²) in [6, 6.07) is 8.40. The number of furan rings is 1. The van der Waals surface area contributed by atoms with Crippen LogP contribution in [-0.2, 0) is 0 Å². The Kier molecular flexibility index (Phi) is 2.75. The maximum absolute atomic E-state index is 14.3. The number of benzene rings is 1. The second-order valence-electron chi connectivity index (χ2n) is 5.35. The largest absolute Gasteiger partial charge is 0.467 e. The van der Waals surface area contributed by atoms with Gasteiger partial charge in [-0.3, -0.25) is 0 Å². The van der Waals surface area contributed by atoms with Crippen molar-refractivity contribution in [2.24, 2.45) is 0 Å². The summed E-state index contributed by atoms with van der Waals surface area (Å²) in [5, 5.41) is 13.5. The van der Waals surface area contributed by atoms with Gasteiger partial charge in [0.1, 0.15) is 17.7 Å². The van der Waals surface area contributed by atoms with E-state index in [1.165, 1.54) is 12.3 Å². The first-order valence-corrected chi connectivity index (χ1v) is 6.96. The van der Waals surface area contributed by atoms with Crippen LogP contribution >= 0.6 is 0 Å². The SMILES string of the molecule is OC(CC1c2c(F)cccc2C2=CNCN21)c1ccco1. The highest BCUT2D eigenvalue weighted by Gasteiger charge is 2.39. The molecule has 108 valence electrons. The van der Waals surface area contributed by atoms with Gasteiger partial charge in [-0.2, -0.15) is 0 Å². The summed E-state index contributed by atoms with van der Waals surface area (Å²) in [4.78, 5) is 2.08. The van der Waals surface area contributed by atoms with E-state index in [9.17, 15) is 9.50 Å². The van der Waals surface area contributed by atoms with E-state index < -0.39 is 6.10 Å². The Morgan fingerprint density at radius 2 is 2.29 bits per heavy atom. The molecule has 2 aliphatic rings. The van der Waals surface area contributed by atoms with Crippen molar-refractivity contribution in [3.05, 3.63) is 65.5 Å². The van der Waals surface area contributed by atoms with Crippen LogP contribution < -0.4 is 5.32 Å². The van der Waals surface area contributed by atoms with E-state index >= 15 is 0 Å². The molecule has 0 aliphatic carbocycles. The molecule has 2 aromatic rings. The van der Waals surface area contributed by atoms with Gasteiger partial charge in [0.2, 0.25) is 0 Å². The molecule has 2 N–H and O–H groups in total. The first-order valence-electron chi connectivity index (χ1n) is 6.96. The van der Waals surface area contributed by atoms with Crippen molar-refractivity contribution in [3.63, 3.8) is 0 Å². The van der Waals surface area contributed by atoms with Gasteiger partial charge in [0.25, 0.3) is 0 Å². The molecular weight excluding hydrogens is 271 g/mol. The van der Waals surface area contributed by atoms with Crippen molar-refractivity contribution >= 4 is 5.70 Å². The molecule has 21 heavy (non-hydrogen) atoms. The molecule has 3 heterocycles. The second kappa shape index (κ2) is 4.63. The summed E-state index contributed by atoms with van der Waals surface area (Å²) in [6.45, 7) is 0.624. The third kappa shape index (κ3) is 1.85. The number of halogens is 1. The van der Waals surface area contributed by atoms with E-state index in [0.717, 1.165) is 11.3 Å². The molecule has 0 amide bonds. The Bertz CT molecular complexity index is 696. The number of fused-ring (bicyclic) bond motifs is 3. The van der Waals surface area contributed by atoms with Crippen molar-refractivity contribution in [2.75, 3.05) is 6.67 Å². The van der Waals surface area contributed by atoms with Gasteiger partial charge in [0.05, 0.1) is 24.7 Å². The third-order valence-electron chi connectivity index (χ3n) is 4.17. The molecule has 0 radical (unpaired) electrons. The van der Waals surface area contributed by atoms with Gasteiger partial charge >= 0.3 is 0 Å². The van der Waals surface area contributed by atoms with E-state index in [0.29, 0.717) is 24.4 Å². The maximum Gasteiger partial charge on any atom is 0.132 e. The van der Waals surface area contributed by atoms with E-state index in [1.54, 1.807) is 18.2 Å². The molecule has 0 bridgehead atoms. The minimum absolute atomic E-state index is 0.192. The van der Waals surface area contributed by atoms with Crippen LogP contribution in [0.15, 0.2) is 47.2 Å². The van der Waals surface area contributed by atoms with Crippen molar-refractivity contribution in [1.29, 1.82) is 0 Å². The lowest BCUT2D eigenvalue weighted by Crippen LogP contribution is -2.25. The van der Waals surface area contributed by atoms with Crippen LogP contribution in [0.25, 0.3) is 5.70 Å². The molecule has 4 nitrogen and oxygen atoms in total. The van der Waals surface area contributed by atoms with E-state index in [4.69, 9.17) is 4.42 Å². The van der Waals surface area contributed by atoms with Crippen LogP contribution in [0.2, 0.25) is 0 Å². The van der Waals surface area contributed by atoms with Crippen molar-refractivity contribution < 1.29 is 13.9 Å². The minimum atomic E-state index is -0.752. The standard InChI is InChI=1S/C16H15FN2O2/c17-11-4-1-3-10-13-8-18-9-19(13)12(16(10)11)7-14(20)15-5-2-6-21-15/h1-6,8,12,14,18,20H,7,9H2. The number of hydrogen-bond donors (Lipinski definition) is 2. The summed E-state index contributed by atoms with van der Waals surface area (Å²) in [5.74, 6) is 0.289. The number of aliphatic hydroxyl groups excluding tert-OH is 1. The van der Waals surface area contributed by atoms with Crippen LogP contribution in [0.1, 0.15) is 35.5 Å². The van der Waals surface area contributed by atoms with Gasteiger partial charge in [-0.25, -0.2) is 4.39 Å². The zero-order chi connectivity index (χ0) is 14.4. The van der Waals surface area contributed by atoms with Crippen LogP contribution in [0, 0.1) is 5.82 Å². The quantitative estimate of drug-likeness (QED) is 0.911. The molecule has 1 aromatic carbocycles. The van der Waals surface area contributed by atoms with Gasteiger partial charge < -0.3 is 19.7 Å². The lowest BCUT2D eigenvalue weighted by Gasteiger charge is -2.25. The first kappa shape index (κ1) is 12.5. The third-order valence-corrected chi connectivity index (χ3v) is 4.17. The number of hydrogen-bond acceptors (Lipinski definition) is 4. The summed E-state index contributed by atoms with van der Waals surface area (Å²) >= 11 is 0. The summed E-state index contributed by atoms with van der Waals surface area (Å²) < 4.78 is 19.5. The van der Waals surface area contributed by atoms with Crippen LogP contribution in [0.3, 0.4) is 0 Å². The molecule has 1 aromatic heterocycles. The number of rotatable bonds is 3. The van der Waals surface area contributed by atoms with E-state index in [2.05, 4.69) is 10.2 Å². The molecule has 5 heteroatoms. The zero-order valence-electron chi connectivity index (χ0n) is 11.3. The molecule has 2 unspecified atom stereocenters. The first-order chi connectivity index (χ1) is 10.3. The van der Waals surface area contributed by atoms with Crippen LogP contribution in [-0.4, -0.2) is 16.7 Å². The fraction of sp³-hybridized carbons (Fsp3) is 0.250. The Morgan fingerprint density at radius 3 is 3.10 bits per heavy atom. The summed E-state index contributed by atoms with van der Waals surface area (Å²) in [5.41, 5.74) is 2.55. The van der Waals surface area contributed by atoms with Crippen molar-refractivity contribution in [2.45, 2.75) is 18.6 Å². The fourth-order valence-corrected chi connectivity index (χ4v) is 3.23. The summed E-state index contributed by atoms with van der Waals surface area (Å²) in [6.07, 6.45) is 3.07. The minimum Gasteiger partial charge on any atom is -0.467 e. The van der Waals surface area contributed by atoms with Gasteiger partial charge in [-0.05, 0) is 18.2 Å². The van der Waals surface area contributed by atoms with Crippen LogP contribution in [0.5, 0.6) is 0 Å². The molecule has 0 fully saturated rings. The number of nitrogens with one attached hydrogen (secondary N) is 1. The normalized spacial score (nSPS) is 20.8. The highest BCUT2D eigenvalue weighted by molar-refractivity contribution is 5.73. The highest BCUT2D eigenvalue weighted by atomic mass is 19.1. The monoisotopic (exact) mass is 286 g/mol. The lowest BCUT2D eigenvalue weighted by atomic mass is 9.98. The average molecular weight is 286 g/mol.